The molecule has 3 atom stereocenters. The van der Waals surface area contributed by atoms with Gasteiger partial charge in [0.15, 0.2) is 0 Å². The number of halogens is 3. The number of ketones is 1. The summed E-state index contributed by atoms with van der Waals surface area (Å²) in [7, 11) is 3.38. The number of anilines is 1. The van der Waals surface area contributed by atoms with Crippen molar-refractivity contribution >= 4 is 29.3 Å². The normalized spacial score (nSPS) is 17.8. The molecule has 2 aromatic rings. The second kappa shape index (κ2) is 16.1. The number of carbonyl (C=O) groups is 4. The molecule has 0 radical (unpaired) electrons. The van der Waals surface area contributed by atoms with E-state index < -0.39 is 59.3 Å². The van der Waals surface area contributed by atoms with Gasteiger partial charge in [-0.3, -0.25) is 14.4 Å². The van der Waals surface area contributed by atoms with E-state index in [1.165, 1.54) is 37.4 Å². The largest absolute Gasteiger partial charge is 0.341 e. The zero-order valence-electron chi connectivity index (χ0n) is 27.5. The van der Waals surface area contributed by atoms with E-state index in [9.17, 15) is 19.2 Å². The molecule has 4 amide bonds. The number of nitrogens with one attached hydrogen (secondary N) is 3. The molecule has 0 bridgehead atoms. The molecule has 1 heterocycles. The first-order valence-corrected chi connectivity index (χ1v) is 16.3. The lowest BCUT2D eigenvalue weighted by Gasteiger charge is -2.36. The van der Waals surface area contributed by atoms with Gasteiger partial charge in [-0.25, -0.2) is 9.18 Å². The zero-order valence-corrected chi connectivity index (χ0v) is 27.5. The van der Waals surface area contributed by atoms with Crippen LogP contribution >= 0.6 is 0 Å². The minimum atomic E-state index is -3.93. The summed E-state index contributed by atoms with van der Waals surface area (Å²) in [6.45, 7) is 4.01. The Bertz CT molecular complexity index is 1530. The number of rotatable bonds is 11. The van der Waals surface area contributed by atoms with Crippen molar-refractivity contribution in [1.29, 1.82) is 5.26 Å². The lowest BCUT2D eigenvalue weighted by Crippen LogP contribution is -2.56. The number of nitriles is 1. The Balaban J connectivity index is 1.53. The van der Waals surface area contributed by atoms with Gasteiger partial charge in [0.2, 0.25) is 17.6 Å². The number of amides is 4. The van der Waals surface area contributed by atoms with Gasteiger partial charge in [0.05, 0.1) is 17.3 Å². The number of Topliss-reactive ketones (excluding diaryl/α,β-unsaturated/α-hetero) is 1. The van der Waals surface area contributed by atoms with Gasteiger partial charge in [-0.05, 0) is 55.6 Å². The average Bonchev–Trinajstić information content (AvgIpc) is 3.10. The first kappa shape index (κ1) is 36.4. The van der Waals surface area contributed by atoms with E-state index in [0.29, 0.717) is 44.6 Å². The SMILES string of the molecule is CNC(=O)N[C@@H](C(=O)N1CCN(C)CC1)[C@@H](C)c1ccc(NC(=O)[C@@H](CC(=O)C(F)(F)c2cccc(C#N)c2)C2CCCCC2)c(F)c1. The Kier molecular flexibility index (Phi) is 12.2. The first-order valence-electron chi connectivity index (χ1n) is 16.3. The standard InChI is InChI=1S/C35H43F3N6O4/c1-22(31(42-34(48)40-2)33(47)44-16-14-43(3)15-17-44)25-12-13-29(28(36)19-25)41-32(46)27(24-9-5-4-6-10-24)20-30(45)35(37,38)26-11-7-8-23(18-26)21-39/h7-8,11-13,18-19,22,24,27,31H,4-6,9-10,14-17,20H2,1-3H3,(H,41,46)(H2,40,42,48)/t22-,27-,31+/m0/s1. The third-order valence-electron chi connectivity index (χ3n) is 9.54. The molecule has 1 aliphatic heterocycles. The van der Waals surface area contributed by atoms with Crippen molar-refractivity contribution in [3.8, 4) is 6.07 Å². The van der Waals surface area contributed by atoms with E-state index in [1.807, 2.05) is 7.05 Å². The quantitative estimate of drug-likeness (QED) is 0.316. The number of alkyl halides is 2. The van der Waals surface area contributed by atoms with E-state index in [4.69, 9.17) is 5.26 Å². The zero-order chi connectivity index (χ0) is 35.0. The Morgan fingerprint density at radius 1 is 1.02 bits per heavy atom. The van der Waals surface area contributed by atoms with Crippen molar-refractivity contribution in [2.45, 2.75) is 63.3 Å². The predicted molar refractivity (Wildman–Crippen MR) is 174 cm³/mol. The second-order valence-corrected chi connectivity index (χ2v) is 12.7. The molecule has 2 aromatic carbocycles. The number of carbonyl (C=O) groups excluding carboxylic acids is 4. The lowest BCUT2D eigenvalue weighted by molar-refractivity contribution is -0.147. The molecule has 1 saturated carbocycles. The highest BCUT2D eigenvalue weighted by atomic mass is 19.3. The molecule has 0 spiro atoms. The van der Waals surface area contributed by atoms with Gasteiger partial charge in [-0.2, -0.15) is 14.0 Å². The number of piperazine rings is 1. The Morgan fingerprint density at radius 3 is 2.33 bits per heavy atom. The maximum absolute atomic E-state index is 15.6. The summed E-state index contributed by atoms with van der Waals surface area (Å²) in [6, 6.07) is 8.92. The van der Waals surface area contributed by atoms with Crippen molar-refractivity contribution in [2.24, 2.45) is 11.8 Å². The summed E-state index contributed by atoms with van der Waals surface area (Å²) in [4.78, 5) is 56.2. The van der Waals surface area contributed by atoms with E-state index in [-0.39, 0.29) is 23.1 Å². The van der Waals surface area contributed by atoms with Crippen molar-refractivity contribution in [1.82, 2.24) is 20.4 Å². The van der Waals surface area contributed by atoms with Crippen LogP contribution in [0.15, 0.2) is 42.5 Å². The van der Waals surface area contributed by atoms with Crippen LogP contribution in [0.4, 0.5) is 23.7 Å². The van der Waals surface area contributed by atoms with Gasteiger partial charge in [-0.1, -0.05) is 44.4 Å². The van der Waals surface area contributed by atoms with Gasteiger partial charge >= 0.3 is 12.0 Å². The highest BCUT2D eigenvalue weighted by Gasteiger charge is 2.44. The molecule has 0 aromatic heterocycles. The predicted octanol–water partition coefficient (Wildman–Crippen LogP) is 4.76. The van der Waals surface area contributed by atoms with Crippen LogP contribution < -0.4 is 16.0 Å². The molecule has 13 heteroatoms. The highest BCUT2D eigenvalue weighted by Crippen LogP contribution is 2.38. The van der Waals surface area contributed by atoms with Crippen LogP contribution in [-0.2, 0) is 20.3 Å². The van der Waals surface area contributed by atoms with Crippen LogP contribution in [-0.4, -0.2) is 79.7 Å². The first-order chi connectivity index (χ1) is 22.8. The van der Waals surface area contributed by atoms with Gasteiger partial charge in [0, 0.05) is 57.0 Å². The van der Waals surface area contributed by atoms with Crippen LogP contribution in [0, 0.1) is 29.0 Å². The van der Waals surface area contributed by atoms with Crippen LogP contribution in [0.3, 0.4) is 0 Å². The van der Waals surface area contributed by atoms with Crippen LogP contribution in [0.25, 0.3) is 0 Å². The molecule has 10 nitrogen and oxygen atoms in total. The van der Waals surface area contributed by atoms with E-state index >= 15 is 13.2 Å². The van der Waals surface area contributed by atoms with Crippen molar-refractivity contribution in [3.05, 3.63) is 65.0 Å². The van der Waals surface area contributed by atoms with Crippen LogP contribution in [0.2, 0.25) is 0 Å². The summed E-state index contributed by atoms with van der Waals surface area (Å²) in [5.41, 5.74) is -0.443. The molecule has 1 saturated heterocycles. The monoisotopic (exact) mass is 668 g/mol. The fourth-order valence-electron chi connectivity index (χ4n) is 6.45. The summed E-state index contributed by atoms with van der Waals surface area (Å²) in [5.74, 6) is -9.34. The molecular weight excluding hydrogens is 625 g/mol. The van der Waals surface area contributed by atoms with Crippen molar-refractivity contribution in [3.63, 3.8) is 0 Å². The Labute approximate surface area is 279 Å². The van der Waals surface area contributed by atoms with Crippen molar-refractivity contribution in [2.75, 3.05) is 45.6 Å². The van der Waals surface area contributed by atoms with Crippen LogP contribution in [0.5, 0.6) is 0 Å². The number of benzene rings is 2. The van der Waals surface area contributed by atoms with Crippen LogP contribution in [0.1, 0.15) is 68.1 Å². The topological polar surface area (TPSA) is 135 Å². The summed E-state index contributed by atoms with van der Waals surface area (Å²) in [5, 5.41) is 16.8. The highest BCUT2D eigenvalue weighted by molar-refractivity contribution is 5.97. The number of urea groups is 1. The van der Waals surface area contributed by atoms with Crippen molar-refractivity contribution < 1.29 is 32.3 Å². The Morgan fingerprint density at radius 2 is 1.71 bits per heavy atom. The number of hydrogen-bond acceptors (Lipinski definition) is 6. The molecule has 0 unspecified atom stereocenters. The van der Waals surface area contributed by atoms with Gasteiger partial charge in [0.25, 0.3) is 0 Å². The maximum atomic E-state index is 15.6. The van der Waals surface area contributed by atoms with Gasteiger partial charge < -0.3 is 25.8 Å². The summed E-state index contributed by atoms with van der Waals surface area (Å²) < 4.78 is 46.2. The molecule has 4 rings (SSSR count). The molecule has 258 valence electrons. The lowest BCUT2D eigenvalue weighted by atomic mass is 9.76. The third kappa shape index (κ3) is 8.72. The van der Waals surface area contributed by atoms with Gasteiger partial charge in [0.1, 0.15) is 11.9 Å². The number of nitrogens with zero attached hydrogens (tertiary/aromatic N) is 3. The molecule has 1 aliphatic carbocycles. The molecule has 48 heavy (non-hydrogen) atoms. The molecular formula is C35H43F3N6O4. The molecule has 2 fully saturated rings. The van der Waals surface area contributed by atoms with Gasteiger partial charge in [-0.15, -0.1) is 0 Å². The minimum Gasteiger partial charge on any atom is -0.341 e. The molecule has 3 N–H and O–H groups in total. The number of likely N-dealkylation sites (N-methyl/N-ethyl adjacent to an activating group) is 1. The molecule has 2 aliphatic rings. The average molecular weight is 669 g/mol. The second-order valence-electron chi connectivity index (χ2n) is 12.7. The Hall–Kier alpha value is -4.44. The van der Waals surface area contributed by atoms with E-state index in [0.717, 1.165) is 31.4 Å². The summed E-state index contributed by atoms with van der Waals surface area (Å²) in [6.07, 6.45) is 2.88. The van der Waals surface area contributed by atoms with E-state index in [2.05, 4.69) is 20.9 Å². The third-order valence-corrected chi connectivity index (χ3v) is 9.54. The minimum absolute atomic E-state index is 0.0192. The smallest absolute Gasteiger partial charge is 0.330 e. The fourth-order valence-corrected chi connectivity index (χ4v) is 6.45. The van der Waals surface area contributed by atoms with E-state index in [1.54, 1.807) is 17.9 Å². The maximum Gasteiger partial charge on any atom is 0.330 e. The fraction of sp³-hybridized carbons (Fsp3) is 0.514. The summed E-state index contributed by atoms with van der Waals surface area (Å²) >= 11 is 0. The number of hydrogen-bond donors (Lipinski definition) is 3.